The summed E-state index contributed by atoms with van der Waals surface area (Å²) in [5, 5.41) is 2.80. The Morgan fingerprint density at radius 2 is 1.07 bits per heavy atom. The van der Waals surface area contributed by atoms with Crippen LogP contribution in [0.15, 0.2) is 60.7 Å². The van der Waals surface area contributed by atoms with Crippen molar-refractivity contribution in [3.05, 3.63) is 71.8 Å². The van der Waals surface area contributed by atoms with Gasteiger partial charge in [-0.15, -0.1) is 0 Å². The van der Waals surface area contributed by atoms with Gasteiger partial charge in [0, 0.05) is 12.8 Å². The summed E-state index contributed by atoms with van der Waals surface area (Å²) in [5.41, 5.74) is 1.76. The predicted octanol–water partition coefficient (Wildman–Crippen LogP) is 8.22. The van der Waals surface area contributed by atoms with Crippen molar-refractivity contribution in [2.45, 2.75) is 129 Å². The Hall–Kier alpha value is -3.15. The summed E-state index contributed by atoms with van der Waals surface area (Å²) in [6.45, 7) is 2.54. The Balaban J connectivity index is 1.66. The van der Waals surface area contributed by atoms with E-state index in [-0.39, 0.29) is 32.0 Å². The number of nitrogens with one attached hydrogen (secondary N) is 1. The van der Waals surface area contributed by atoms with Crippen molar-refractivity contribution in [3.8, 4) is 0 Å². The van der Waals surface area contributed by atoms with Crippen molar-refractivity contribution in [2.24, 2.45) is 0 Å². The van der Waals surface area contributed by atoms with E-state index in [1.165, 1.54) is 64.2 Å². The minimum atomic E-state index is -0.891. The lowest BCUT2D eigenvalue weighted by molar-refractivity contribution is -0.150. The largest absolute Gasteiger partial charge is 0.461 e. The second kappa shape index (κ2) is 22.5. The topological polar surface area (TPSA) is 81.7 Å². The molecule has 2 aromatic carbocycles. The van der Waals surface area contributed by atoms with Gasteiger partial charge in [-0.25, -0.2) is 4.79 Å². The molecule has 6 heteroatoms. The van der Waals surface area contributed by atoms with Gasteiger partial charge in [-0.2, -0.15) is 0 Å². The highest BCUT2D eigenvalue weighted by Crippen LogP contribution is 2.13. The predicted molar refractivity (Wildman–Crippen MR) is 164 cm³/mol. The van der Waals surface area contributed by atoms with E-state index in [0.717, 1.165) is 30.4 Å². The molecule has 1 amide bonds. The molecule has 6 nitrogen and oxygen atoms in total. The molecule has 0 fully saturated rings. The summed E-state index contributed by atoms with van der Waals surface area (Å²) in [7, 11) is 0. The fourth-order valence-corrected chi connectivity index (χ4v) is 4.72. The van der Waals surface area contributed by atoms with Crippen molar-refractivity contribution < 1.29 is 23.9 Å². The number of carbonyl (C=O) groups is 3. The third-order valence-corrected chi connectivity index (χ3v) is 7.23. The molecule has 2 aromatic rings. The Kier molecular flexibility index (Phi) is 18.7. The lowest BCUT2D eigenvalue weighted by atomic mass is 10.0. The SMILES string of the molecule is CCCCCCCCCCCCCCCC(=O)NC(CCC(=O)OCc1ccccc1)C(=O)OCc1ccccc1. The van der Waals surface area contributed by atoms with Crippen LogP contribution in [0.25, 0.3) is 0 Å². The van der Waals surface area contributed by atoms with E-state index in [0.29, 0.717) is 6.42 Å². The molecule has 0 aliphatic carbocycles. The normalized spacial score (nSPS) is 11.5. The monoisotopic (exact) mass is 565 g/mol. The molecule has 2 rings (SSSR count). The Bertz CT molecular complexity index is 963. The van der Waals surface area contributed by atoms with Gasteiger partial charge >= 0.3 is 11.9 Å². The minimum absolute atomic E-state index is 0.0109. The van der Waals surface area contributed by atoms with Crippen LogP contribution in [0.2, 0.25) is 0 Å². The second-order valence-corrected chi connectivity index (χ2v) is 10.9. The van der Waals surface area contributed by atoms with E-state index in [9.17, 15) is 14.4 Å². The zero-order valence-electron chi connectivity index (χ0n) is 25.1. The van der Waals surface area contributed by atoms with Crippen LogP contribution in [-0.4, -0.2) is 23.9 Å². The minimum Gasteiger partial charge on any atom is -0.461 e. The van der Waals surface area contributed by atoms with E-state index < -0.39 is 18.0 Å². The molecule has 41 heavy (non-hydrogen) atoms. The van der Waals surface area contributed by atoms with Gasteiger partial charge in [0.05, 0.1) is 0 Å². The van der Waals surface area contributed by atoms with Gasteiger partial charge in [-0.3, -0.25) is 9.59 Å². The lowest BCUT2D eigenvalue weighted by Gasteiger charge is -2.18. The van der Waals surface area contributed by atoms with Crippen LogP contribution in [0.4, 0.5) is 0 Å². The average Bonchev–Trinajstić information content (AvgIpc) is 3.00. The number of unbranched alkanes of at least 4 members (excludes halogenated alkanes) is 12. The van der Waals surface area contributed by atoms with Gasteiger partial charge in [0.15, 0.2) is 0 Å². The van der Waals surface area contributed by atoms with Crippen LogP contribution in [0, 0.1) is 0 Å². The lowest BCUT2D eigenvalue weighted by Crippen LogP contribution is -2.42. The fraction of sp³-hybridized carbons (Fsp3) is 0.571. The summed E-state index contributed by atoms with van der Waals surface area (Å²) in [5.74, 6) is -1.14. The van der Waals surface area contributed by atoms with Gasteiger partial charge < -0.3 is 14.8 Å². The van der Waals surface area contributed by atoms with Gasteiger partial charge in [0.25, 0.3) is 0 Å². The molecule has 0 heterocycles. The van der Waals surface area contributed by atoms with E-state index in [2.05, 4.69) is 12.2 Å². The first-order valence-corrected chi connectivity index (χ1v) is 15.8. The Labute approximate surface area is 247 Å². The zero-order chi connectivity index (χ0) is 29.4. The van der Waals surface area contributed by atoms with Crippen LogP contribution in [0.1, 0.15) is 121 Å². The number of hydrogen-bond acceptors (Lipinski definition) is 5. The van der Waals surface area contributed by atoms with Gasteiger partial charge in [0.1, 0.15) is 19.3 Å². The first kappa shape index (κ1) is 34.1. The molecule has 1 unspecified atom stereocenters. The van der Waals surface area contributed by atoms with Crippen LogP contribution in [0.3, 0.4) is 0 Å². The standard InChI is InChI=1S/C35H51NO5/c1-2-3-4-5-6-7-8-9-10-11-12-13-20-25-33(37)36-32(35(39)41-29-31-23-18-15-19-24-31)26-27-34(38)40-28-30-21-16-14-17-22-30/h14-19,21-24,32H,2-13,20,25-29H2,1H3,(H,36,37). The first-order chi connectivity index (χ1) is 20.1. The quantitative estimate of drug-likeness (QED) is 0.108. The number of carbonyl (C=O) groups excluding carboxylic acids is 3. The number of hydrogen-bond donors (Lipinski definition) is 1. The van der Waals surface area contributed by atoms with Gasteiger partial charge in [0.2, 0.25) is 5.91 Å². The molecule has 0 aliphatic heterocycles. The number of amides is 1. The number of rotatable bonds is 23. The smallest absolute Gasteiger partial charge is 0.328 e. The highest BCUT2D eigenvalue weighted by Gasteiger charge is 2.23. The third kappa shape index (κ3) is 17.3. The van der Waals surface area contributed by atoms with Crippen molar-refractivity contribution in [1.82, 2.24) is 5.32 Å². The summed E-state index contributed by atoms with van der Waals surface area (Å²) < 4.78 is 10.8. The van der Waals surface area contributed by atoms with E-state index in [4.69, 9.17) is 9.47 Å². The highest BCUT2D eigenvalue weighted by atomic mass is 16.5. The number of ether oxygens (including phenoxy) is 2. The van der Waals surface area contributed by atoms with Crippen LogP contribution in [0.5, 0.6) is 0 Å². The molecule has 0 aromatic heterocycles. The van der Waals surface area contributed by atoms with Crippen molar-refractivity contribution in [2.75, 3.05) is 0 Å². The third-order valence-electron chi connectivity index (χ3n) is 7.23. The van der Waals surface area contributed by atoms with E-state index >= 15 is 0 Å². The molecule has 0 spiro atoms. The summed E-state index contributed by atoms with van der Waals surface area (Å²) >= 11 is 0. The Morgan fingerprint density at radius 1 is 0.610 bits per heavy atom. The van der Waals surface area contributed by atoms with Crippen molar-refractivity contribution >= 4 is 17.8 Å². The Morgan fingerprint density at radius 3 is 1.59 bits per heavy atom. The fourth-order valence-electron chi connectivity index (χ4n) is 4.72. The number of benzene rings is 2. The molecular weight excluding hydrogens is 514 g/mol. The number of esters is 2. The molecule has 0 saturated carbocycles. The molecule has 0 bridgehead atoms. The molecule has 0 aliphatic rings. The maximum absolute atomic E-state index is 12.8. The first-order valence-electron chi connectivity index (χ1n) is 15.8. The molecule has 0 saturated heterocycles. The maximum atomic E-state index is 12.8. The highest BCUT2D eigenvalue weighted by molar-refractivity contribution is 5.85. The zero-order valence-corrected chi connectivity index (χ0v) is 25.1. The van der Waals surface area contributed by atoms with Crippen LogP contribution in [-0.2, 0) is 37.1 Å². The van der Waals surface area contributed by atoms with Crippen LogP contribution >= 0.6 is 0 Å². The van der Waals surface area contributed by atoms with Gasteiger partial charge in [-0.05, 0) is 24.0 Å². The summed E-state index contributed by atoms with van der Waals surface area (Å²) in [6.07, 6.45) is 16.6. The average molecular weight is 566 g/mol. The summed E-state index contributed by atoms with van der Waals surface area (Å²) in [6, 6.07) is 17.9. The molecule has 1 N–H and O–H groups in total. The van der Waals surface area contributed by atoms with Crippen molar-refractivity contribution in [1.29, 1.82) is 0 Å². The molecular formula is C35H51NO5. The molecule has 0 radical (unpaired) electrons. The summed E-state index contributed by atoms with van der Waals surface area (Å²) in [4.78, 5) is 37.8. The van der Waals surface area contributed by atoms with Crippen molar-refractivity contribution in [3.63, 3.8) is 0 Å². The van der Waals surface area contributed by atoms with Gasteiger partial charge in [-0.1, -0.05) is 145 Å². The molecule has 1 atom stereocenters. The van der Waals surface area contributed by atoms with E-state index in [1.54, 1.807) is 0 Å². The van der Waals surface area contributed by atoms with E-state index in [1.807, 2.05) is 60.7 Å². The van der Waals surface area contributed by atoms with Crippen LogP contribution < -0.4 is 5.32 Å². The molecule has 226 valence electrons. The second-order valence-electron chi connectivity index (χ2n) is 10.9. The maximum Gasteiger partial charge on any atom is 0.328 e.